The average Bonchev–Trinajstić information content (AvgIpc) is 2.48. The van der Waals surface area contributed by atoms with Gasteiger partial charge in [0.25, 0.3) is 5.69 Å². The van der Waals surface area contributed by atoms with E-state index in [0.29, 0.717) is 16.8 Å². The van der Waals surface area contributed by atoms with Gasteiger partial charge < -0.3 is 4.90 Å². The largest absolute Gasteiger partial charge is 0.339 e. The molecule has 0 saturated carbocycles. The summed E-state index contributed by atoms with van der Waals surface area (Å²) in [7, 11) is 1.64. The second-order valence-corrected chi connectivity index (χ2v) is 4.57. The summed E-state index contributed by atoms with van der Waals surface area (Å²) in [5.41, 5.74) is 1.33. The molecule has 0 aliphatic carbocycles. The first-order valence-electron chi connectivity index (χ1n) is 6.12. The number of benzene rings is 2. The monoisotopic (exact) mass is 285 g/mol. The fourth-order valence-corrected chi connectivity index (χ4v) is 1.99. The topological polar surface area (TPSA) is 70.2 Å². The molecule has 0 aromatic heterocycles. The summed E-state index contributed by atoms with van der Waals surface area (Å²) >= 11 is 0. The van der Waals surface area contributed by atoms with Gasteiger partial charge in [0.2, 0.25) is 0 Å². The van der Waals surface area contributed by atoms with Crippen molar-refractivity contribution in [3.8, 4) is 6.07 Å². The molecule has 0 aliphatic heterocycles. The van der Waals surface area contributed by atoms with E-state index in [-0.39, 0.29) is 11.4 Å². The van der Waals surface area contributed by atoms with Crippen LogP contribution in [0, 0.1) is 34.2 Å². The molecular weight excluding hydrogens is 273 g/mol. The van der Waals surface area contributed by atoms with Crippen LogP contribution in [0.25, 0.3) is 0 Å². The Bertz CT molecular complexity index is 753. The quantitative estimate of drug-likeness (QED) is 0.637. The Kier molecular flexibility index (Phi) is 3.85. The number of hydrogen-bond acceptors (Lipinski definition) is 4. The molecule has 2 rings (SSSR count). The lowest BCUT2D eigenvalue weighted by Crippen LogP contribution is -2.12. The normalized spacial score (nSPS) is 10.0. The Morgan fingerprint density at radius 1 is 1.33 bits per heavy atom. The van der Waals surface area contributed by atoms with Crippen LogP contribution in [0.1, 0.15) is 11.1 Å². The Hall–Kier alpha value is -2.94. The molecule has 0 spiro atoms. The molecule has 2 aromatic carbocycles. The number of nitrogens with zero attached hydrogens (tertiary/aromatic N) is 3. The van der Waals surface area contributed by atoms with Crippen molar-refractivity contribution in [1.82, 2.24) is 0 Å². The maximum absolute atomic E-state index is 13.5. The van der Waals surface area contributed by atoms with Crippen molar-refractivity contribution in [2.75, 3.05) is 11.9 Å². The van der Waals surface area contributed by atoms with Crippen LogP contribution >= 0.6 is 0 Å². The van der Waals surface area contributed by atoms with Gasteiger partial charge in [-0.25, -0.2) is 4.39 Å². The van der Waals surface area contributed by atoms with Gasteiger partial charge in [-0.15, -0.1) is 0 Å². The van der Waals surface area contributed by atoms with E-state index in [2.05, 4.69) is 0 Å². The number of rotatable bonds is 3. The molecule has 0 fully saturated rings. The van der Waals surface area contributed by atoms with Crippen molar-refractivity contribution in [2.24, 2.45) is 0 Å². The lowest BCUT2D eigenvalue weighted by Gasteiger charge is -2.20. The molecule has 0 heterocycles. The van der Waals surface area contributed by atoms with Gasteiger partial charge in [0.15, 0.2) is 0 Å². The third-order valence-corrected chi connectivity index (χ3v) is 3.18. The van der Waals surface area contributed by atoms with Crippen LogP contribution < -0.4 is 4.90 Å². The average molecular weight is 285 g/mol. The maximum atomic E-state index is 13.5. The standard InChI is InChI=1S/C15H12FN3O2/c1-10-6-14(15(19(20)21)8-13(10)16)18(2)12-5-3-4-11(7-12)9-17/h3-8H,1-2H3. The number of nitriles is 1. The highest BCUT2D eigenvalue weighted by atomic mass is 19.1. The molecule has 0 bridgehead atoms. The minimum absolute atomic E-state index is 0.272. The highest BCUT2D eigenvalue weighted by Gasteiger charge is 2.21. The predicted molar refractivity (Wildman–Crippen MR) is 77.0 cm³/mol. The minimum atomic E-state index is -0.623. The molecule has 2 aromatic rings. The third-order valence-electron chi connectivity index (χ3n) is 3.18. The van der Waals surface area contributed by atoms with Crippen LogP contribution in [-0.2, 0) is 0 Å². The van der Waals surface area contributed by atoms with Gasteiger partial charge in [-0.3, -0.25) is 10.1 Å². The lowest BCUT2D eigenvalue weighted by atomic mass is 10.1. The zero-order valence-corrected chi connectivity index (χ0v) is 11.5. The predicted octanol–water partition coefficient (Wildman–Crippen LogP) is 3.68. The Balaban J connectivity index is 2.57. The van der Waals surface area contributed by atoms with Gasteiger partial charge in [0, 0.05) is 12.7 Å². The zero-order valence-electron chi connectivity index (χ0n) is 11.5. The van der Waals surface area contributed by atoms with Crippen molar-refractivity contribution in [1.29, 1.82) is 5.26 Å². The van der Waals surface area contributed by atoms with Crippen molar-refractivity contribution in [2.45, 2.75) is 6.92 Å². The number of aryl methyl sites for hydroxylation is 1. The Morgan fingerprint density at radius 2 is 2.05 bits per heavy atom. The molecule has 0 radical (unpaired) electrons. The minimum Gasteiger partial charge on any atom is -0.339 e. The first-order chi connectivity index (χ1) is 9.93. The van der Waals surface area contributed by atoms with Crippen molar-refractivity contribution >= 4 is 17.1 Å². The summed E-state index contributed by atoms with van der Waals surface area (Å²) in [6.45, 7) is 1.54. The second kappa shape index (κ2) is 5.59. The van der Waals surface area contributed by atoms with E-state index in [9.17, 15) is 14.5 Å². The van der Waals surface area contributed by atoms with Crippen LogP contribution in [0.2, 0.25) is 0 Å². The summed E-state index contributed by atoms with van der Waals surface area (Å²) in [6.07, 6.45) is 0. The van der Waals surface area contributed by atoms with Crippen LogP contribution in [0.15, 0.2) is 36.4 Å². The SMILES string of the molecule is Cc1cc(N(C)c2cccc(C#N)c2)c([N+](=O)[O-])cc1F. The van der Waals surface area contributed by atoms with Gasteiger partial charge in [-0.2, -0.15) is 5.26 Å². The van der Waals surface area contributed by atoms with E-state index in [4.69, 9.17) is 5.26 Å². The number of halogens is 1. The highest BCUT2D eigenvalue weighted by molar-refractivity contribution is 5.73. The first kappa shape index (κ1) is 14.5. The van der Waals surface area contributed by atoms with E-state index < -0.39 is 10.7 Å². The third kappa shape index (κ3) is 2.82. The molecule has 0 N–H and O–H groups in total. The zero-order chi connectivity index (χ0) is 15.6. The van der Waals surface area contributed by atoms with E-state index in [0.717, 1.165) is 6.07 Å². The smallest absolute Gasteiger partial charge is 0.295 e. The first-order valence-corrected chi connectivity index (χ1v) is 6.12. The highest BCUT2D eigenvalue weighted by Crippen LogP contribution is 2.34. The summed E-state index contributed by atoms with van der Waals surface area (Å²) in [4.78, 5) is 12.0. The van der Waals surface area contributed by atoms with Crippen molar-refractivity contribution in [3.63, 3.8) is 0 Å². The summed E-state index contributed by atoms with van der Waals surface area (Å²) in [6, 6.07) is 11.0. The number of nitro groups is 1. The second-order valence-electron chi connectivity index (χ2n) is 4.57. The van der Waals surface area contributed by atoms with E-state index >= 15 is 0 Å². The van der Waals surface area contributed by atoms with Gasteiger partial charge in [0.05, 0.1) is 22.6 Å². The molecular formula is C15H12FN3O2. The molecule has 21 heavy (non-hydrogen) atoms. The molecule has 0 atom stereocenters. The molecule has 0 unspecified atom stereocenters. The van der Waals surface area contributed by atoms with Crippen molar-refractivity contribution in [3.05, 3.63) is 63.5 Å². The summed E-state index contributed by atoms with van der Waals surface area (Å²) in [5, 5.41) is 20.0. The molecule has 0 saturated heterocycles. The fourth-order valence-electron chi connectivity index (χ4n) is 1.99. The van der Waals surface area contributed by atoms with Crippen molar-refractivity contribution < 1.29 is 9.31 Å². The van der Waals surface area contributed by atoms with E-state index in [1.165, 1.54) is 6.07 Å². The lowest BCUT2D eigenvalue weighted by molar-refractivity contribution is -0.384. The Labute approximate surface area is 121 Å². The summed E-state index contributed by atoms with van der Waals surface area (Å²) in [5.74, 6) is -0.621. The number of hydrogen-bond donors (Lipinski definition) is 0. The molecule has 6 heteroatoms. The van der Waals surface area contributed by atoms with Crippen LogP contribution in [-0.4, -0.2) is 12.0 Å². The van der Waals surface area contributed by atoms with Crippen LogP contribution in [0.4, 0.5) is 21.5 Å². The van der Waals surface area contributed by atoms with Gasteiger partial charge in [0.1, 0.15) is 11.5 Å². The molecule has 0 aliphatic rings. The van der Waals surface area contributed by atoms with E-state index in [1.54, 1.807) is 43.1 Å². The molecule has 106 valence electrons. The number of anilines is 2. The molecule has 5 nitrogen and oxygen atoms in total. The molecule has 0 amide bonds. The fraction of sp³-hybridized carbons (Fsp3) is 0.133. The summed E-state index contributed by atoms with van der Waals surface area (Å²) < 4.78 is 13.5. The van der Waals surface area contributed by atoms with Crippen LogP contribution in [0.3, 0.4) is 0 Å². The Morgan fingerprint density at radius 3 is 2.67 bits per heavy atom. The maximum Gasteiger partial charge on any atom is 0.295 e. The van der Waals surface area contributed by atoms with E-state index in [1.807, 2.05) is 6.07 Å². The van der Waals surface area contributed by atoms with Crippen LogP contribution in [0.5, 0.6) is 0 Å². The van der Waals surface area contributed by atoms with Gasteiger partial charge in [-0.1, -0.05) is 6.07 Å². The van der Waals surface area contributed by atoms with Gasteiger partial charge >= 0.3 is 0 Å². The number of nitro benzene ring substituents is 1. The van der Waals surface area contributed by atoms with Gasteiger partial charge in [-0.05, 0) is 36.8 Å².